The summed E-state index contributed by atoms with van der Waals surface area (Å²) in [5, 5.41) is 0. The molecule has 0 radical (unpaired) electrons. The summed E-state index contributed by atoms with van der Waals surface area (Å²) in [6.07, 6.45) is 8.96. The lowest BCUT2D eigenvalue weighted by Gasteiger charge is -2.07. The third kappa shape index (κ3) is 1.74. The fourth-order valence-electron chi connectivity index (χ4n) is 1.31. The Hall–Kier alpha value is -1.84. The molecule has 2 aromatic heterocycles. The second kappa shape index (κ2) is 3.91. The topological polar surface area (TPSA) is 39.9 Å². The molecule has 0 fully saturated rings. The minimum Gasteiger partial charge on any atom is -0.496 e. The first kappa shape index (κ1) is 8.74. The number of rotatable bonds is 3. The first-order chi connectivity index (χ1) is 6.90. The van der Waals surface area contributed by atoms with E-state index in [1.54, 1.807) is 32.0 Å². The van der Waals surface area contributed by atoms with Gasteiger partial charge in [0.15, 0.2) is 0 Å². The Balaban J connectivity index is 2.24. The Morgan fingerprint density at radius 3 is 3.00 bits per heavy atom. The van der Waals surface area contributed by atoms with E-state index in [1.165, 1.54) is 0 Å². The Bertz CT molecular complexity index is 398. The molecule has 0 aliphatic rings. The zero-order valence-corrected chi connectivity index (χ0v) is 7.92. The van der Waals surface area contributed by atoms with Crippen LogP contribution in [0.2, 0.25) is 0 Å². The van der Waals surface area contributed by atoms with Crippen LogP contribution < -0.4 is 4.74 Å². The van der Waals surface area contributed by atoms with Crippen LogP contribution in [0.5, 0.6) is 5.75 Å². The number of aromatic nitrogens is 3. The van der Waals surface area contributed by atoms with Crippen molar-refractivity contribution in [3.8, 4) is 5.75 Å². The van der Waals surface area contributed by atoms with Gasteiger partial charge in [-0.2, -0.15) is 0 Å². The van der Waals surface area contributed by atoms with Gasteiger partial charge in [0, 0.05) is 30.4 Å². The summed E-state index contributed by atoms with van der Waals surface area (Å²) in [5.74, 6) is 0.855. The molecule has 0 aliphatic heterocycles. The van der Waals surface area contributed by atoms with Gasteiger partial charge in [-0.15, -0.1) is 0 Å². The number of pyridine rings is 1. The van der Waals surface area contributed by atoms with Crippen molar-refractivity contribution in [2.45, 2.75) is 6.54 Å². The molecule has 0 amide bonds. The Labute approximate surface area is 82.2 Å². The summed E-state index contributed by atoms with van der Waals surface area (Å²) < 4.78 is 7.19. The van der Waals surface area contributed by atoms with Crippen LogP contribution in [-0.2, 0) is 6.54 Å². The van der Waals surface area contributed by atoms with Gasteiger partial charge in [-0.05, 0) is 6.07 Å². The SMILES string of the molecule is COc1ccncc1Cn1ccnc1. The van der Waals surface area contributed by atoms with Crippen molar-refractivity contribution in [2.75, 3.05) is 7.11 Å². The average molecular weight is 189 g/mol. The van der Waals surface area contributed by atoms with Crippen LogP contribution in [0.25, 0.3) is 0 Å². The summed E-state index contributed by atoms with van der Waals surface area (Å²) >= 11 is 0. The standard InChI is InChI=1S/C10H11N3O/c1-14-10-2-3-11-6-9(10)7-13-5-4-12-8-13/h2-6,8H,7H2,1H3. The Morgan fingerprint density at radius 1 is 1.36 bits per heavy atom. The van der Waals surface area contributed by atoms with Crippen molar-refractivity contribution in [2.24, 2.45) is 0 Å². The Kier molecular flexibility index (Phi) is 2.44. The van der Waals surface area contributed by atoms with Crippen LogP contribution in [0, 0.1) is 0 Å². The number of hydrogen-bond acceptors (Lipinski definition) is 3. The maximum absolute atomic E-state index is 5.22. The van der Waals surface area contributed by atoms with E-state index in [-0.39, 0.29) is 0 Å². The summed E-state index contributed by atoms with van der Waals surface area (Å²) in [6.45, 7) is 0.733. The molecule has 0 saturated carbocycles. The van der Waals surface area contributed by atoms with E-state index in [9.17, 15) is 0 Å². The maximum Gasteiger partial charge on any atom is 0.126 e. The maximum atomic E-state index is 5.22. The zero-order chi connectivity index (χ0) is 9.80. The Morgan fingerprint density at radius 2 is 2.29 bits per heavy atom. The fourth-order valence-corrected chi connectivity index (χ4v) is 1.31. The summed E-state index contributed by atoms with van der Waals surface area (Å²) in [7, 11) is 1.66. The minimum absolute atomic E-state index is 0.733. The van der Waals surface area contributed by atoms with E-state index < -0.39 is 0 Å². The predicted octanol–water partition coefficient (Wildman–Crippen LogP) is 1.33. The highest BCUT2D eigenvalue weighted by Crippen LogP contribution is 2.16. The van der Waals surface area contributed by atoms with Crippen molar-refractivity contribution in [1.82, 2.24) is 14.5 Å². The number of methoxy groups -OCH3 is 1. The van der Waals surface area contributed by atoms with Gasteiger partial charge in [0.25, 0.3) is 0 Å². The van der Waals surface area contributed by atoms with E-state index in [4.69, 9.17) is 4.74 Å². The number of imidazole rings is 1. The van der Waals surface area contributed by atoms with Gasteiger partial charge in [0.1, 0.15) is 5.75 Å². The quantitative estimate of drug-likeness (QED) is 0.731. The van der Waals surface area contributed by atoms with Crippen LogP contribution in [0.4, 0.5) is 0 Å². The summed E-state index contributed by atoms with van der Waals surface area (Å²) in [5.41, 5.74) is 1.05. The van der Waals surface area contributed by atoms with Crippen molar-refractivity contribution in [1.29, 1.82) is 0 Å². The third-order valence-corrected chi connectivity index (χ3v) is 1.99. The van der Waals surface area contributed by atoms with Crippen LogP contribution in [0.1, 0.15) is 5.56 Å². The molecule has 14 heavy (non-hydrogen) atoms. The first-order valence-corrected chi connectivity index (χ1v) is 4.33. The third-order valence-electron chi connectivity index (χ3n) is 1.99. The molecule has 4 nitrogen and oxygen atoms in total. The van der Waals surface area contributed by atoms with Gasteiger partial charge in [0.05, 0.1) is 20.0 Å². The molecule has 0 saturated heterocycles. The van der Waals surface area contributed by atoms with Gasteiger partial charge >= 0.3 is 0 Å². The van der Waals surface area contributed by atoms with Gasteiger partial charge in [-0.1, -0.05) is 0 Å². The molecule has 0 N–H and O–H groups in total. The molecular weight excluding hydrogens is 178 g/mol. The molecule has 2 aromatic rings. The fraction of sp³-hybridized carbons (Fsp3) is 0.200. The predicted molar refractivity (Wildman–Crippen MR) is 52.1 cm³/mol. The highest BCUT2D eigenvalue weighted by atomic mass is 16.5. The molecule has 0 aromatic carbocycles. The lowest BCUT2D eigenvalue weighted by Crippen LogP contribution is -1.99. The molecule has 0 bridgehead atoms. The molecule has 0 spiro atoms. The van der Waals surface area contributed by atoms with Gasteiger partial charge < -0.3 is 9.30 Å². The molecular formula is C10H11N3O. The second-order valence-corrected chi connectivity index (χ2v) is 2.92. The highest BCUT2D eigenvalue weighted by molar-refractivity contribution is 5.30. The molecule has 2 heterocycles. The number of nitrogens with zero attached hydrogens (tertiary/aromatic N) is 3. The van der Waals surface area contributed by atoms with Crippen molar-refractivity contribution in [3.05, 3.63) is 42.7 Å². The van der Waals surface area contributed by atoms with Crippen molar-refractivity contribution >= 4 is 0 Å². The van der Waals surface area contributed by atoms with E-state index in [0.29, 0.717) is 0 Å². The molecule has 0 unspecified atom stereocenters. The average Bonchev–Trinajstić information content (AvgIpc) is 2.71. The van der Waals surface area contributed by atoms with Crippen LogP contribution in [0.3, 0.4) is 0 Å². The lowest BCUT2D eigenvalue weighted by molar-refractivity contribution is 0.407. The molecule has 72 valence electrons. The van der Waals surface area contributed by atoms with Gasteiger partial charge in [-0.25, -0.2) is 4.98 Å². The largest absolute Gasteiger partial charge is 0.496 e. The van der Waals surface area contributed by atoms with Crippen molar-refractivity contribution in [3.63, 3.8) is 0 Å². The number of ether oxygens (including phenoxy) is 1. The van der Waals surface area contributed by atoms with Crippen molar-refractivity contribution < 1.29 is 4.74 Å². The molecule has 0 atom stereocenters. The van der Waals surface area contributed by atoms with E-state index in [2.05, 4.69) is 9.97 Å². The monoisotopic (exact) mass is 189 g/mol. The number of hydrogen-bond donors (Lipinski definition) is 0. The molecule has 0 aliphatic carbocycles. The summed E-state index contributed by atoms with van der Waals surface area (Å²) in [6, 6.07) is 1.85. The zero-order valence-electron chi connectivity index (χ0n) is 7.92. The van der Waals surface area contributed by atoms with E-state index in [0.717, 1.165) is 17.9 Å². The smallest absolute Gasteiger partial charge is 0.126 e. The van der Waals surface area contributed by atoms with Crippen LogP contribution in [-0.4, -0.2) is 21.6 Å². The van der Waals surface area contributed by atoms with Gasteiger partial charge in [0.2, 0.25) is 0 Å². The lowest BCUT2D eigenvalue weighted by atomic mass is 10.2. The molecule has 4 heteroatoms. The minimum atomic E-state index is 0.733. The highest BCUT2D eigenvalue weighted by Gasteiger charge is 2.02. The van der Waals surface area contributed by atoms with Crippen LogP contribution >= 0.6 is 0 Å². The first-order valence-electron chi connectivity index (χ1n) is 4.33. The van der Waals surface area contributed by atoms with E-state index >= 15 is 0 Å². The second-order valence-electron chi connectivity index (χ2n) is 2.92. The summed E-state index contributed by atoms with van der Waals surface area (Å²) in [4.78, 5) is 8.04. The van der Waals surface area contributed by atoms with Crippen LogP contribution in [0.15, 0.2) is 37.2 Å². The normalized spacial score (nSPS) is 10.1. The van der Waals surface area contributed by atoms with E-state index in [1.807, 2.05) is 16.8 Å². The van der Waals surface area contributed by atoms with Gasteiger partial charge in [-0.3, -0.25) is 4.98 Å². The molecule has 2 rings (SSSR count).